The Morgan fingerprint density at radius 1 is 1.58 bits per heavy atom. The van der Waals surface area contributed by atoms with Crippen LogP contribution in [0.4, 0.5) is 0 Å². The van der Waals surface area contributed by atoms with E-state index in [-0.39, 0.29) is 37.6 Å². The molecule has 1 aliphatic heterocycles. The first-order valence-electron chi connectivity index (χ1n) is 6.00. The number of carbonyl (C=O) groups excluding carboxylic acids is 3. The number of rotatable bonds is 5. The zero-order valence-electron chi connectivity index (χ0n) is 11.1. The Balaban J connectivity index is 2.54. The molecule has 3 amide bonds. The number of nitrogens with zero attached hydrogens (tertiary/aromatic N) is 1. The molecule has 0 saturated carbocycles. The van der Waals surface area contributed by atoms with Crippen LogP contribution in [0.25, 0.3) is 0 Å². The van der Waals surface area contributed by atoms with Gasteiger partial charge in [-0.15, -0.1) is 0 Å². The van der Waals surface area contributed by atoms with Gasteiger partial charge in [-0.05, 0) is 6.42 Å². The number of nitrogens with one attached hydrogen (secondary N) is 2. The monoisotopic (exact) mass is 266 g/mol. The van der Waals surface area contributed by atoms with Gasteiger partial charge in [0.05, 0.1) is 19.0 Å². The zero-order valence-corrected chi connectivity index (χ0v) is 11.1. The highest BCUT2D eigenvalue weighted by atomic mass is 16.2. The van der Waals surface area contributed by atoms with Gasteiger partial charge in [-0.3, -0.25) is 14.4 Å². The number of carbonyl (C=O) groups is 3. The van der Waals surface area contributed by atoms with Gasteiger partial charge >= 0.3 is 0 Å². The molecule has 4 N–H and O–H groups in total. The molecule has 0 aliphatic carbocycles. The summed E-state index contributed by atoms with van der Waals surface area (Å²) in [4.78, 5) is 34.0. The summed E-state index contributed by atoms with van der Waals surface area (Å²) in [5, 5.41) is 14.1. The van der Waals surface area contributed by atoms with Crippen LogP contribution in [0.5, 0.6) is 0 Å². The summed E-state index contributed by atoms with van der Waals surface area (Å²) in [6.07, 6.45) is 0.319. The van der Waals surface area contributed by atoms with Gasteiger partial charge in [-0.25, -0.2) is 0 Å². The largest absolute Gasteiger partial charge is 0.369 e. The molecule has 7 heteroatoms. The standard InChI is InChI=1S/C12H18N4O3/c1-11(2,10(14)19)4-3-8(17)16-12(6-13)5-9(18)15-7-12/h3-5,7H2,1-2H3,(H2,14,19)(H,15,18)(H,16,17). The van der Waals surface area contributed by atoms with E-state index in [1.165, 1.54) is 0 Å². The summed E-state index contributed by atoms with van der Waals surface area (Å²) in [5.41, 5.74) is 3.26. The fraction of sp³-hybridized carbons (Fsp3) is 0.667. The zero-order chi connectivity index (χ0) is 14.7. The first kappa shape index (κ1) is 15.0. The van der Waals surface area contributed by atoms with Crippen molar-refractivity contribution >= 4 is 17.7 Å². The Kier molecular flexibility index (Phi) is 4.14. The molecule has 1 atom stereocenters. The molecule has 1 unspecified atom stereocenters. The lowest BCUT2D eigenvalue weighted by Gasteiger charge is -2.23. The highest BCUT2D eigenvalue weighted by Gasteiger charge is 2.40. The van der Waals surface area contributed by atoms with E-state index in [0.717, 1.165) is 0 Å². The van der Waals surface area contributed by atoms with Crippen LogP contribution in [0, 0.1) is 16.7 Å². The molecule has 7 nitrogen and oxygen atoms in total. The van der Waals surface area contributed by atoms with Crippen molar-refractivity contribution in [3.05, 3.63) is 0 Å². The van der Waals surface area contributed by atoms with E-state index in [4.69, 9.17) is 11.0 Å². The van der Waals surface area contributed by atoms with Crippen LogP contribution >= 0.6 is 0 Å². The van der Waals surface area contributed by atoms with Crippen molar-refractivity contribution in [3.63, 3.8) is 0 Å². The highest BCUT2D eigenvalue weighted by molar-refractivity contribution is 5.85. The van der Waals surface area contributed by atoms with E-state index < -0.39 is 16.9 Å². The number of amides is 3. The lowest BCUT2D eigenvalue weighted by Crippen LogP contribution is -2.49. The molecule has 0 spiro atoms. The molecule has 0 aromatic rings. The maximum Gasteiger partial charge on any atom is 0.223 e. The smallest absolute Gasteiger partial charge is 0.223 e. The molecule has 1 fully saturated rings. The summed E-state index contributed by atoms with van der Waals surface area (Å²) < 4.78 is 0. The van der Waals surface area contributed by atoms with E-state index in [9.17, 15) is 14.4 Å². The quantitative estimate of drug-likeness (QED) is 0.601. The van der Waals surface area contributed by atoms with Crippen LogP contribution in [-0.2, 0) is 14.4 Å². The minimum Gasteiger partial charge on any atom is -0.369 e. The molecule has 104 valence electrons. The topological polar surface area (TPSA) is 125 Å². The average Bonchev–Trinajstić information content (AvgIpc) is 2.69. The summed E-state index contributed by atoms with van der Waals surface area (Å²) in [6, 6.07) is 1.95. The number of hydrogen-bond acceptors (Lipinski definition) is 4. The Morgan fingerprint density at radius 2 is 2.21 bits per heavy atom. The van der Waals surface area contributed by atoms with Crippen LogP contribution < -0.4 is 16.4 Å². The third-order valence-corrected chi connectivity index (χ3v) is 3.29. The minimum absolute atomic E-state index is 0.0472. The van der Waals surface area contributed by atoms with E-state index >= 15 is 0 Å². The SMILES string of the molecule is CC(C)(CCC(=O)NC1(C#N)CNC(=O)C1)C(N)=O. The first-order chi connectivity index (χ1) is 8.71. The van der Waals surface area contributed by atoms with Crippen molar-refractivity contribution in [3.8, 4) is 6.07 Å². The van der Waals surface area contributed by atoms with Crippen LogP contribution in [0.1, 0.15) is 33.1 Å². The third-order valence-electron chi connectivity index (χ3n) is 3.29. The second kappa shape index (κ2) is 5.26. The van der Waals surface area contributed by atoms with Gasteiger partial charge in [-0.2, -0.15) is 5.26 Å². The predicted octanol–water partition coefficient (Wildman–Crippen LogP) is -0.823. The molecule has 1 saturated heterocycles. The van der Waals surface area contributed by atoms with E-state index in [1.807, 2.05) is 6.07 Å². The highest BCUT2D eigenvalue weighted by Crippen LogP contribution is 2.22. The van der Waals surface area contributed by atoms with Crippen molar-refractivity contribution in [2.45, 2.75) is 38.6 Å². The maximum absolute atomic E-state index is 11.8. The molecule has 0 bridgehead atoms. The molecule has 19 heavy (non-hydrogen) atoms. The lowest BCUT2D eigenvalue weighted by atomic mass is 9.87. The van der Waals surface area contributed by atoms with Gasteiger partial charge in [0.15, 0.2) is 5.54 Å². The fourth-order valence-electron chi connectivity index (χ4n) is 1.72. The molecule has 0 aromatic carbocycles. The van der Waals surface area contributed by atoms with Crippen molar-refractivity contribution < 1.29 is 14.4 Å². The van der Waals surface area contributed by atoms with Crippen molar-refractivity contribution in [2.75, 3.05) is 6.54 Å². The summed E-state index contributed by atoms with van der Waals surface area (Å²) >= 11 is 0. The number of nitrogens with two attached hydrogens (primary N) is 1. The predicted molar refractivity (Wildman–Crippen MR) is 66.3 cm³/mol. The van der Waals surface area contributed by atoms with E-state index in [1.54, 1.807) is 13.8 Å². The van der Waals surface area contributed by atoms with Crippen molar-refractivity contribution in [1.82, 2.24) is 10.6 Å². The van der Waals surface area contributed by atoms with Crippen LogP contribution in [0.3, 0.4) is 0 Å². The van der Waals surface area contributed by atoms with Gasteiger partial charge in [0.1, 0.15) is 0 Å². The van der Waals surface area contributed by atoms with E-state index in [0.29, 0.717) is 0 Å². The maximum atomic E-state index is 11.8. The van der Waals surface area contributed by atoms with Crippen LogP contribution in [0.15, 0.2) is 0 Å². The van der Waals surface area contributed by atoms with Gasteiger partial charge in [0, 0.05) is 11.8 Å². The van der Waals surface area contributed by atoms with E-state index in [2.05, 4.69) is 10.6 Å². The number of hydrogen-bond donors (Lipinski definition) is 3. The Bertz CT molecular complexity index is 452. The molecule has 0 aromatic heterocycles. The number of primary amides is 1. The Morgan fingerprint density at radius 3 is 2.63 bits per heavy atom. The summed E-state index contributed by atoms with van der Waals surface area (Å²) in [7, 11) is 0. The Hall–Kier alpha value is -2.10. The van der Waals surface area contributed by atoms with Gasteiger partial charge in [0.25, 0.3) is 0 Å². The lowest BCUT2D eigenvalue weighted by molar-refractivity contribution is -0.127. The normalized spacial score (nSPS) is 22.5. The van der Waals surface area contributed by atoms with Gasteiger partial charge in [0.2, 0.25) is 17.7 Å². The molecular weight excluding hydrogens is 248 g/mol. The molecule has 1 aliphatic rings. The van der Waals surface area contributed by atoms with Crippen LogP contribution in [0.2, 0.25) is 0 Å². The Labute approximate surface area is 111 Å². The molecule has 0 radical (unpaired) electrons. The molecule has 1 rings (SSSR count). The first-order valence-corrected chi connectivity index (χ1v) is 6.00. The molecule has 1 heterocycles. The summed E-state index contributed by atoms with van der Waals surface area (Å²) in [6.45, 7) is 3.42. The van der Waals surface area contributed by atoms with Crippen LogP contribution in [-0.4, -0.2) is 29.8 Å². The minimum atomic E-state index is -1.18. The number of nitriles is 1. The van der Waals surface area contributed by atoms with Gasteiger partial charge in [-0.1, -0.05) is 13.8 Å². The van der Waals surface area contributed by atoms with Crippen molar-refractivity contribution in [1.29, 1.82) is 5.26 Å². The average molecular weight is 266 g/mol. The fourth-order valence-corrected chi connectivity index (χ4v) is 1.72. The summed E-state index contributed by atoms with van der Waals surface area (Å²) in [5.74, 6) is -1.11. The second-order valence-electron chi connectivity index (χ2n) is 5.44. The second-order valence-corrected chi connectivity index (χ2v) is 5.44. The third kappa shape index (κ3) is 3.68. The van der Waals surface area contributed by atoms with Crippen molar-refractivity contribution in [2.24, 2.45) is 11.1 Å². The van der Waals surface area contributed by atoms with Gasteiger partial charge < -0.3 is 16.4 Å². The molecular formula is C12H18N4O3.